The van der Waals surface area contributed by atoms with Gasteiger partial charge in [-0.05, 0) is 12.8 Å². The molecule has 0 radical (unpaired) electrons. The summed E-state index contributed by atoms with van der Waals surface area (Å²) in [6, 6.07) is 0.510. The number of hydrogen-bond acceptors (Lipinski definition) is 3. The van der Waals surface area contributed by atoms with Crippen molar-refractivity contribution in [3.8, 4) is 0 Å². The first kappa shape index (κ1) is 17.5. The molecule has 3 heteroatoms. The number of aliphatic hydroxyl groups is 1. The molecule has 0 fully saturated rings. The summed E-state index contributed by atoms with van der Waals surface area (Å²) >= 11 is 0. The van der Waals surface area contributed by atoms with Crippen LogP contribution in [0, 0.1) is 0 Å². The molecule has 0 saturated heterocycles. The summed E-state index contributed by atoms with van der Waals surface area (Å²) in [5.41, 5.74) is 0. The van der Waals surface area contributed by atoms with Gasteiger partial charge in [0.2, 0.25) is 0 Å². The predicted molar refractivity (Wildman–Crippen MR) is 87.4 cm³/mol. The Kier molecular flexibility index (Phi) is 10.7. The molecule has 0 spiro atoms. The van der Waals surface area contributed by atoms with E-state index in [1.165, 1.54) is 64.2 Å². The molecule has 0 aliphatic carbocycles. The summed E-state index contributed by atoms with van der Waals surface area (Å²) in [5, 5.41) is 9.17. The Morgan fingerprint density at radius 2 is 1.65 bits per heavy atom. The minimum absolute atomic E-state index is 0.298. The monoisotopic (exact) mass is 282 g/mol. The highest BCUT2D eigenvalue weighted by atomic mass is 16.3. The van der Waals surface area contributed by atoms with Crippen molar-refractivity contribution < 1.29 is 5.11 Å². The van der Waals surface area contributed by atoms with Crippen LogP contribution in [0.2, 0.25) is 0 Å². The topological polar surface area (TPSA) is 35.8 Å². The van der Waals surface area contributed by atoms with E-state index in [0.29, 0.717) is 12.6 Å². The van der Waals surface area contributed by atoms with Gasteiger partial charge in [-0.15, -0.1) is 0 Å². The Labute approximate surface area is 125 Å². The summed E-state index contributed by atoms with van der Waals surface area (Å²) in [6.07, 6.45) is 16.5. The van der Waals surface area contributed by atoms with E-state index in [9.17, 15) is 0 Å². The molecule has 118 valence electrons. The van der Waals surface area contributed by atoms with Gasteiger partial charge in [0.1, 0.15) is 0 Å². The van der Waals surface area contributed by atoms with Crippen molar-refractivity contribution in [3.63, 3.8) is 0 Å². The van der Waals surface area contributed by atoms with Gasteiger partial charge in [0.25, 0.3) is 0 Å². The summed E-state index contributed by atoms with van der Waals surface area (Å²) in [6.45, 7) is 4.54. The molecule has 0 aromatic rings. The van der Waals surface area contributed by atoms with E-state index >= 15 is 0 Å². The maximum absolute atomic E-state index is 9.17. The summed E-state index contributed by atoms with van der Waals surface area (Å²) in [4.78, 5) is 6.60. The van der Waals surface area contributed by atoms with Crippen LogP contribution in [0.4, 0.5) is 0 Å². The third kappa shape index (κ3) is 7.88. The van der Waals surface area contributed by atoms with Crippen LogP contribution in [-0.2, 0) is 0 Å². The van der Waals surface area contributed by atoms with Crippen LogP contribution in [0.5, 0.6) is 0 Å². The largest absolute Gasteiger partial charge is 0.396 e. The molecule has 1 rings (SSSR count). The third-order valence-electron chi connectivity index (χ3n) is 4.29. The van der Waals surface area contributed by atoms with Crippen LogP contribution in [-0.4, -0.2) is 42.1 Å². The van der Waals surface area contributed by atoms with Crippen LogP contribution >= 0.6 is 0 Å². The number of nitrogens with zero attached hydrogens (tertiary/aromatic N) is 2. The zero-order valence-corrected chi connectivity index (χ0v) is 13.4. The lowest BCUT2D eigenvalue weighted by Crippen LogP contribution is -2.33. The SMILES string of the molecule is CCCCCCCCCCCC(CCO)N1C=NCC1. The van der Waals surface area contributed by atoms with Gasteiger partial charge in [-0.1, -0.05) is 64.7 Å². The first-order valence-electron chi connectivity index (χ1n) is 8.75. The average molecular weight is 282 g/mol. The number of aliphatic imine (C=N–C) groups is 1. The summed E-state index contributed by atoms with van der Waals surface area (Å²) in [7, 11) is 0. The lowest BCUT2D eigenvalue weighted by Gasteiger charge is -2.26. The van der Waals surface area contributed by atoms with E-state index in [0.717, 1.165) is 19.5 Å². The van der Waals surface area contributed by atoms with Crippen molar-refractivity contribution in [2.75, 3.05) is 19.7 Å². The Morgan fingerprint density at radius 3 is 2.20 bits per heavy atom. The molecule has 3 nitrogen and oxygen atoms in total. The molecule has 0 aromatic carbocycles. The highest BCUT2D eigenvalue weighted by molar-refractivity contribution is 5.57. The second-order valence-corrected chi connectivity index (χ2v) is 6.04. The van der Waals surface area contributed by atoms with Gasteiger partial charge >= 0.3 is 0 Å². The molecule has 20 heavy (non-hydrogen) atoms. The fourth-order valence-corrected chi connectivity index (χ4v) is 2.99. The molecule has 0 bridgehead atoms. The van der Waals surface area contributed by atoms with Crippen molar-refractivity contribution in [2.45, 2.75) is 83.6 Å². The Bertz CT molecular complexity index is 243. The van der Waals surface area contributed by atoms with Crippen molar-refractivity contribution in [1.29, 1.82) is 0 Å². The third-order valence-corrected chi connectivity index (χ3v) is 4.29. The van der Waals surface area contributed by atoms with E-state index < -0.39 is 0 Å². The normalized spacial score (nSPS) is 16.0. The first-order valence-corrected chi connectivity index (χ1v) is 8.75. The van der Waals surface area contributed by atoms with Gasteiger partial charge < -0.3 is 10.0 Å². The van der Waals surface area contributed by atoms with Gasteiger partial charge in [0.15, 0.2) is 0 Å². The molecule has 1 atom stereocenters. The smallest absolute Gasteiger partial charge is 0.0853 e. The first-order chi connectivity index (χ1) is 9.88. The van der Waals surface area contributed by atoms with Gasteiger partial charge in [-0.25, -0.2) is 0 Å². The second kappa shape index (κ2) is 12.2. The second-order valence-electron chi connectivity index (χ2n) is 6.04. The zero-order chi connectivity index (χ0) is 14.5. The van der Waals surface area contributed by atoms with Gasteiger partial charge in [0.05, 0.1) is 12.9 Å². The van der Waals surface area contributed by atoms with Gasteiger partial charge in [-0.3, -0.25) is 4.99 Å². The van der Waals surface area contributed by atoms with Crippen LogP contribution in [0.3, 0.4) is 0 Å². The Hall–Kier alpha value is -0.570. The highest BCUT2D eigenvalue weighted by Gasteiger charge is 2.17. The van der Waals surface area contributed by atoms with Crippen molar-refractivity contribution in [3.05, 3.63) is 0 Å². The maximum Gasteiger partial charge on any atom is 0.0853 e. The lowest BCUT2D eigenvalue weighted by atomic mass is 10.0. The van der Waals surface area contributed by atoms with E-state index in [2.05, 4.69) is 16.8 Å². The minimum Gasteiger partial charge on any atom is -0.396 e. The lowest BCUT2D eigenvalue weighted by molar-refractivity contribution is 0.219. The Morgan fingerprint density at radius 1 is 1.00 bits per heavy atom. The molecular formula is C17H34N2O. The number of aliphatic hydroxyl groups excluding tert-OH is 1. The summed E-state index contributed by atoms with van der Waals surface area (Å²) in [5.74, 6) is 0. The van der Waals surface area contributed by atoms with Crippen LogP contribution in [0.25, 0.3) is 0 Å². The minimum atomic E-state index is 0.298. The molecule has 0 amide bonds. The number of rotatable bonds is 13. The van der Waals surface area contributed by atoms with Gasteiger partial charge in [0, 0.05) is 19.2 Å². The van der Waals surface area contributed by atoms with Crippen LogP contribution in [0.15, 0.2) is 4.99 Å². The molecule has 1 aliphatic rings. The molecule has 1 aliphatic heterocycles. The van der Waals surface area contributed by atoms with E-state index in [1.807, 2.05) is 6.34 Å². The predicted octanol–water partition coefficient (Wildman–Crippen LogP) is 4.00. The summed E-state index contributed by atoms with van der Waals surface area (Å²) < 4.78 is 0. The molecule has 1 N–H and O–H groups in total. The highest BCUT2D eigenvalue weighted by Crippen LogP contribution is 2.16. The Balaban J connectivity index is 1.96. The van der Waals surface area contributed by atoms with Crippen molar-refractivity contribution in [1.82, 2.24) is 4.90 Å². The fourth-order valence-electron chi connectivity index (χ4n) is 2.99. The fraction of sp³-hybridized carbons (Fsp3) is 0.941. The molecule has 1 heterocycles. The molecule has 0 aromatic heterocycles. The van der Waals surface area contributed by atoms with E-state index in [-0.39, 0.29) is 0 Å². The number of unbranched alkanes of at least 4 members (excludes halogenated alkanes) is 8. The quantitative estimate of drug-likeness (QED) is 0.518. The average Bonchev–Trinajstić information content (AvgIpc) is 2.98. The standard InChI is InChI=1S/C17H34N2O/c1-2-3-4-5-6-7-8-9-10-11-17(12-15-20)19-14-13-18-16-19/h16-17,20H,2-15H2,1H3. The van der Waals surface area contributed by atoms with Crippen molar-refractivity contribution in [2.24, 2.45) is 4.99 Å². The van der Waals surface area contributed by atoms with E-state index in [1.54, 1.807) is 0 Å². The number of hydrogen-bond donors (Lipinski definition) is 1. The van der Waals surface area contributed by atoms with Crippen LogP contribution in [0.1, 0.15) is 77.6 Å². The molecule has 1 unspecified atom stereocenters. The molecule has 0 saturated carbocycles. The molecular weight excluding hydrogens is 248 g/mol. The van der Waals surface area contributed by atoms with Gasteiger partial charge in [-0.2, -0.15) is 0 Å². The van der Waals surface area contributed by atoms with Crippen LogP contribution < -0.4 is 0 Å². The van der Waals surface area contributed by atoms with Crippen molar-refractivity contribution >= 4 is 6.34 Å². The van der Waals surface area contributed by atoms with E-state index in [4.69, 9.17) is 5.11 Å². The zero-order valence-electron chi connectivity index (χ0n) is 13.4. The maximum atomic E-state index is 9.17.